The number of nitrogens with one attached hydrogen (secondary N) is 1. The van der Waals surface area contributed by atoms with Gasteiger partial charge in [0, 0.05) is 17.7 Å². The van der Waals surface area contributed by atoms with Crippen molar-refractivity contribution in [2.75, 3.05) is 5.32 Å². The van der Waals surface area contributed by atoms with E-state index >= 15 is 0 Å². The van der Waals surface area contributed by atoms with Crippen LogP contribution in [0.25, 0.3) is 0 Å². The van der Waals surface area contributed by atoms with Crippen molar-refractivity contribution in [3.05, 3.63) is 29.8 Å². The molecule has 0 unspecified atom stereocenters. The molecule has 0 fully saturated rings. The first-order chi connectivity index (χ1) is 10.3. The van der Waals surface area contributed by atoms with E-state index in [2.05, 4.69) is 5.32 Å². The van der Waals surface area contributed by atoms with Crippen LogP contribution in [0.4, 0.5) is 5.69 Å². The summed E-state index contributed by atoms with van der Waals surface area (Å²) >= 11 is 0. The molecule has 1 aromatic carbocycles. The molecule has 6 heteroatoms. The van der Waals surface area contributed by atoms with Gasteiger partial charge in [-0.1, -0.05) is 0 Å². The molecular formula is C16H19NO5. The molecule has 0 aliphatic rings. The van der Waals surface area contributed by atoms with E-state index in [0.717, 1.165) is 0 Å². The quantitative estimate of drug-likeness (QED) is 0.615. The van der Waals surface area contributed by atoms with Gasteiger partial charge in [0.2, 0.25) is 0 Å². The molecule has 118 valence electrons. The summed E-state index contributed by atoms with van der Waals surface area (Å²) < 4.78 is 4.94. The van der Waals surface area contributed by atoms with Crippen LogP contribution < -0.4 is 5.32 Å². The van der Waals surface area contributed by atoms with Gasteiger partial charge in [0.15, 0.2) is 11.9 Å². The number of amides is 1. The highest BCUT2D eigenvalue weighted by Gasteiger charge is 2.18. The number of benzene rings is 1. The monoisotopic (exact) mass is 305 g/mol. The Bertz CT molecular complexity index is 577. The summed E-state index contributed by atoms with van der Waals surface area (Å²) in [5.41, 5.74) is 1.04. The topological polar surface area (TPSA) is 89.5 Å². The maximum Gasteiger partial charge on any atom is 0.307 e. The average molecular weight is 305 g/mol. The van der Waals surface area contributed by atoms with E-state index in [1.807, 2.05) is 0 Å². The zero-order valence-corrected chi connectivity index (χ0v) is 12.8. The lowest BCUT2D eigenvalue weighted by Gasteiger charge is -2.13. The Labute approximate surface area is 128 Å². The number of hydrogen-bond acceptors (Lipinski definition) is 5. The first-order valence-corrected chi connectivity index (χ1v) is 6.90. The molecule has 1 rings (SSSR count). The maximum absolute atomic E-state index is 11.9. The Morgan fingerprint density at radius 3 is 2.14 bits per heavy atom. The van der Waals surface area contributed by atoms with Crippen LogP contribution in [-0.2, 0) is 19.1 Å². The van der Waals surface area contributed by atoms with E-state index in [4.69, 9.17) is 4.74 Å². The number of Topliss-reactive ketones (excluding diaryl/α,β-unsaturated/α-hetero) is 2. The zero-order valence-electron chi connectivity index (χ0n) is 12.8. The van der Waals surface area contributed by atoms with Crippen molar-refractivity contribution in [1.29, 1.82) is 0 Å². The average Bonchev–Trinajstić information content (AvgIpc) is 2.45. The minimum atomic E-state index is -0.966. The van der Waals surface area contributed by atoms with Gasteiger partial charge in [-0.3, -0.25) is 14.4 Å². The normalized spacial score (nSPS) is 11.4. The lowest BCUT2D eigenvalue weighted by Crippen LogP contribution is -2.30. The number of hydrogen-bond donors (Lipinski definition) is 1. The van der Waals surface area contributed by atoms with Crippen LogP contribution in [0.3, 0.4) is 0 Å². The van der Waals surface area contributed by atoms with Gasteiger partial charge in [0.25, 0.3) is 5.91 Å². The third kappa shape index (κ3) is 5.87. The smallest absolute Gasteiger partial charge is 0.307 e. The highest BCUT2D eigenvalue weighted by Crippen LogP contribution is 2.11. The highest BCUT2D eigenvalue weighted by molar-refractivity contribution is 5.97. The Kier molecular flexibility index (Phi) is 6.44. The van der Waals surface area contributed by atoms with Crippen LogP contribution in [0.1, 0.15) is 44.0 Å². The van der Waals surface area contributed by atoms with Gasteiger partial charge in [-0.25, -0.2) is 0 Å². The second kappa shape index (κ2) is 8.07. The fourth-order valence-corrected chi connectivity index (χ4v) is 1.62. The number of carbonyl (C=O) groups excluding carboxylic acids is 4. The summed E-state index contributed by atoms with van der Waals surface area (Å²) in [6.07, 6.45) is -0.910. The van der Waals surface area contributed by atoms with Crippen molar-refractivity contribution in [3.8, 4) is 0 Å². The van der Waals surface area contributed by atoms with Crippen molar-refractivity contribution in [3.63, 3.8) is 0 Å². The molecule has 0 spiro atoms. The summed E-state index contributed by atoms with van der Waals surface area (Å²) in [5.74, 6) is -1.25. The minimum absolute atomic E-state index is 0.0414. The first-order valence-electron chi connectivity index (χ1n) is 6.90. The van der Waals surface area contributed by atoms with Crippen molar-refractivity contribution in [2.45, 2.75) is 39.7 Å². The van der Waals surface area contributed by atoms with E-state index in [1.165, 1.54) is 20.8 Å². The lowest BCUT2D eigenvalue weighted by molar-refractivity contribution is -0.153. The number of esters is 1. The molecule has 0 aliphatic heterocycles. The van der Waals surface area contributed by atoms with Gasteiger partial charge >= 0.3 is 5.97 Å². The Balaban J connectivity index is 2.51. The molecule has 0 saturated carbocycles. The predicted molar refractivity (Wildman–Crippen MR) is 80.5 cm³/mol. The number of ketones is 2. The van der Waals surface area contributed by atoms with Crippen molar-refractivity contribution in [2.24, 2.45) is 0 Å². The number of carbonyl (C=O) groups is 4. The zero-order chi connectivity index (χ0) is 16.7. The lowest BCUT2D eigenvalue weighted by atomic mass is 10.1. The van der Waals surface area contributed by atoms with E-state index in [0.29, 0.717) is 11.3 Å². The summed E-state index contributed by atoms with van der Waals surface area (Å²) in [6.45, 7) is 4.29. The Morgan fingerprint density at radius 2 is 1.64 bits per heavy atom. The maximum atomic E-state index is 11.9. The van der Waals surface area contributed by atoms with Gasteiger partial charge in [-0.05, 0) is 45.0 Å². The van der Waals surface area contributed by atoms with Crippen molar-refractivity contribution in [1.82, 2.24) is 0 Å². The van der Waals surface area contributed by atoms with E-state index in [-0.39, 0.29) is 24.4 Å². The first kappa shape index (κ1) is 17.6. The molecule has 1 N–H and O–H groups in total. The summed E-state index contributed by atoms with van der Waals surface area (Å²) in [7, 11) is 0. The second-order valence-corrected chi connectivity index (χ2v) is 4.96. The highest BCUT2D eigenvalue weighted by atomic mass is 16.5. The van der Waals surface area contributed by atoms with Crippen LogP contribution in [0, 0.1) is 0 Å². The van der Waals surface area contributed by atoms with Crippen molar-refractivity contribution < 1.29 is 23.9 Å². The minimum Gasteiger partial charge on any atom is -0.453 e. The number of rotatable bonds is 7. The van der Waals surface area contributed by atoms with Crippen LogP contribution in [0.15, 0.2) is 24.3 Å². The molecule has 1 atom stereocenters. The summed E-state index contributed by atoms with van der Waals surface area (Å²) in [6, 6.07) is 6.39. The number of ether oxygens (including phenoxy) is 1. The number of anilines is 1. The molecule has 0 aromatic heterocycles. The molecule has 1 aromatic rings. The predicted octanol–water partition coefficient (Wildman–Crippen LogP) is 2.13. The van der Waals surface area contributed by atoms with Gasteiger partial charge in [-0.15, -0.1) is 0 Å². The van der Waals surface area contributed by atoms with Gasteiger partial charge in [0.05, 0.1) is 6.42 Å². The largest absolute Gasteiger partial charge is 0.453 e. The van der Waals surface area contributed by atoms with Crippen LogP contribution >= 0.6 is 0 Å². The molecular weight excluding hydrogens is 286 g/mol. The van der Waals surface area contributed by atoms with E-state index in [9.17, 15) is 19.2 Å². The van der Waals surface area contributed by atoms with Crippen LogP contribution in [-0.4, -0.2) is 29.5 Å². The molecule has 6 nitrogen and oxygen atoms in total. The molecule has 0 aliphatic carbocycles. The van der Waals surface area contributed by atoms with E-state index in [1.54, 1.807) is 24.3 Å². The third-order valence-corrected chi connectivity index (χ3v) is 2.92. The fourth-order valence-electron chi connectivity index (χ4n) is 1.62. The van der Waals surface area contributed by atoms with Crippen LogP contribution in [0.5, 0.6) is 0 Å². The van der Waals surface area contributed by atoms with Crippen molar-refractivity contribution >= 4 is 29.1 Å². The molecule has 22 heavy (non-hydrogen) atoms. The fraction of sp³-hybridized carbons (Fsp3) is 0.375. The third-order valence-electron chi connectivity index (χ3n) is 2.92. The molecule has 0 heterocycles. The summed E-state index contributed by atoms with van der Waals surface area (Å²) in [4.78, 5) is 45.2. The van der Waals surface area contributed by atoms with E-state index < -0.39 is 18.0 Å². The molecule has 1 amide bonds. The molecule has 0 radical (unpaired) electrons. The Hall–Kier alpha value is -2.50. The SMILES string of the molecule is CC(=O)CCC(=O)O[C@@H](C)C(=O)Nc1ccc(C(C)=O)cc1. The van der Waals surface area contributed by atoms with Gasteiger partial charge in [-0.2, -0.15) is 0 Å². The van der Waals surface area contributed by atoms with Gasteiger partial charge in [0.1, 0.15) is 5.78 Å². The Morgan fingerprint density at radius 1 is 1.05 bits per heavy atom. The molecule has 0 saturated heterocycles. The second-order valence-electron chi connectivity index (χ2n) is 4.96. The molecule has 0 bridgehead atoms. The van der Waals surface area contributed by atoms with Crippen LogP contribution in [0.2, 0.25) is 0 Å². The summed E-state index contributed by atoms with van der Waals surface area (Å²) in [5, 5.41) is 2.58. The standard InChI is InChI=1S/C16H19NO5/c1-10(18)4-9-15(20)22-12(3)16(21)17-14-7-5-13(6-8-14)11(2)19/h5-8,12H,4,9H2,1-3H3,(H,17,21)/t12-/m0/s1. The van der Waals surface area contributed by atoms with Gasteiger partial charge < -0.3 is 14.8 Å².